The van der Waals surface area contributed by atoms with Crippen molar-refractivity contribution in [1.29, 1.82) is 0 Å². The Morgan fingerprint density at radius 1 is 1.20 bits per heavy atom. The normalized spacial score (nSPS) is 19.3. The Kier molecular flexibility index (Phi) is 3.85. The van der Waals surface area contributed by atoms with Crippen molar-refractivity contribution in [2.24, 2.45) is 0 Å². The van der Waals surface area contributed by atoms with Gasteiger partial charge < -0.3 is 15.3 Å². The van der Waals surface area contributed by atoms with Crippen LogP contribution in [0.15, 0.2) is 30.3 Å². The number of hydrogen-bond acceptors (Lipinski definition) is 3. The molecule has 0 aliphatic heterocycles. The van der Waals surface area contributed by atoms with Crippen LogP contribution in [0.25, 0.3) is 0 Å². The van der Waals surface area contributed by atoms with E-state index in [2.05, 4.69) is 0 Å². The molecule has 3 heteroatoms. The molecule has 0 aliphatic rings. The van der Waals surface area contributed by atoms with E-state index in [1.54, 1.807) is 0 Å². The Morgan fingerprint density at radius 2 is 1.73 bits per heavy atom. The summed E-state index contributed by atoms with van der Waals surface area (Å²) in [6, 6.07) is 9.40. The number of aliphatic hydroxyl groups excluding tert-OH is 2. The lowest BCUT2D eigenvalue weighted by Gasteiger charge is -2.31. The molecule has 0 aromatic heterocycles. The predicted molar refractivity (Wildman–Crippen MR) is 58.5 cm³/mol. The maximum atomic E-state index is 10.00. The quantitative estimate of drug-likeness (QED) is 0.686. The van der Waals surface area contributed by atoms with Crippen LogP contribution in [0.5, 0.6) is 0 Å². The molecule has 0 saturated heterocycles. The van der Waals surface area contributed by atoms with Crippen LogP contribution in [0.2, 0.25) is 0 Å². The van der Waals surface area contributed by atoms with Crippen molar-refractivity contribution in [3.8, 4) is 0 Å². The highest BCUT2D eigenvalue weighted by Crippen LogP contribution is 2.19. The van der Waals surface area contributed by atoms with Crippen molar-refractivity contribution in [2.75, 3.05) is 0 Å². The zero-order valence-electron chi connectivity index (χ0n) is 9.09. The third-order valence-corrected chi connectivity index (χ3v) is 2.50. The van der Waals surface area contributed by atoms with E-state index in [9.17, 15) is 15.3 Å². The minimum Gasteiger partial charge on any atom is -0.391 e. The molecule has 0 saturated carbocycles. The van der Waals surface area contributed by atoms with E-state index >= 15 is 0 Å². The first-order chi connectivity index (χ1) is 6.93. The topological polar surface area (TPSA) is 60.7 Å². The van der Waals surface area contributed by atoms with Crippen LogP contribution in [0.3, 0.4) is 0 Å². The molecule has 3 nitrogen and oxygen atoms in total. The van der Waals surface area contributed by atoms with Crippen LogP contribution in [-0.4, -0.2) is 33.1 Å². The molecule has 0 spiro atoms. The average molecular weight is 210 g/mol. The molecule has 0 aliphatic carbocycles. The zero-order chi connectivity index (χ0) is 11.5. The molecule has 0 bridgehead atoms. The number of hydrogen-bond donors (Lipinski definition) is 3. The van der Waals surface area contributed by atoms with Gasteiger partial charge in [-0.3, -0.25) is 0 Å². The van der Waals surface area contributed by atoms with Crippen molar-refractivity contribution in [3.63, 3.8) is 0 Å². The standard InChI is InChI=1S/C12H18O3/c1-9(13)11(14)12(2,15)8-10-6-4-3-5-7-10/h3-7,9,11,13-15H,8H2,1-2H3/t9-,11+,12+/m1/s1. The van der Waals surface area contributed by atoms with E-state index in [-0.39, 0.29) is 0 Å². The second-order valence-electron chi connectivity index (χ2n) is 4.20. The smallest absolute Gasteiger partial charge is 0.108 e. The molecule has 84 valence electrons. The van der Waals surface area contributed by atoms with Gasteiger partial charge in [-0.05, 0) is 19.4 Å². The Morgan fingerprint density at radius 3 is 2.20 bits per heavy atom. The molecule has 0 unspecified atom stereocenters. The van der Waals surface area contributed by atoms with Gasteiger partial charge in [0.1, 0.15) is 6.10 Å². The fraction of sp³-hybridized carbons (Fsp3) is 0.500. The summed E-state index contributed by atoms with van der Waals surface area (Å²) in [5.41, 5.74) is -0.377. The van der Waals surface area contributed by atoms with Crippen LogP contribution < -0.4 is 0 Å². The Labute approximate surface area is 90.0 Å². The van der Waals surface area contributed by atoms with E-state index < -0.39 is 17.8 Å². The highest BCUT2D eigenvalue weighted by Gasteiger charge is 2.33. The van der Waals surface area contributed by atoms with Gasteiger partial charge in [-0.2, -0.15) is 0 Å². The van der Waals surface area contributed by atoms with E-state index in [0.717, 1.165) is 5.56 Å². The minimum absolute atomic E-state index is 0.319. The van der Waals surface area contributed by atoms with Gasteiger partial charge in [-0.25, -0.2) is 0 Å². The van der Waals surface area contributed by atoms with Crippen LogP contribution in [0.1, 0.15) is 19.4 Å². The van der Waals surface area contributed by atoms with Crippen molar-refractivity contribution in [2.45, 2.75) is 38.1 Å². The maximum absolute atomic E-state index is 10.00. The molecule has 1 rings (SSSR count). The van der Waals surface area contributed by atoms with Gasteiger partial charge >= 0.3 is 0 Å². The fourth-order valence-electron chi connectivity index (χ4n) is 1.63. The first kappa shape index (κ1) is 12.2. The summed E-state index contributed by atoms with van der Waals surface area (Å²) in [5, 5.41) is 28.8. The van der Waals surface area contributed by atoms with E-state index in [1.807, 2.05) is 30.3 Å². The monoisotopic (exact) mass is 210 g/mol. The van der Waals surface area contributed by atoms with Gasteiger partial charge in [0, 0.05) is 6.42 Å². The third kappa shape index (κ3) is 3.30. The summed E-state index contributed by atoms with van der Waals surface area (Å²) >= 11 is 0. The average Bonchev–Trinajstić information content (AvgIpc) is 2.17. The van der Waals surface area contributed by atoms with Gasteiger partial charge in [0.2, 0.25) is 0 Å². The molecule has 1 aromatic carbocycles. The first-order valence-electron chi connectivity index (χ1n) is 5.06. The lowest BCUT2D eigenvalue weighted by Crippen LogP contribution is -2.47. The minimum atomic E-state index is -1.31. The van der Waals surface area contributed by atoms with Crippen LogP contribution in [-0.2, 0) is 6.42 Å². The number of rotatable bonds is 4. The largest absolute Gasteiger partial charge is 0.391 e. The summed E-state index contributed by atoms with van der Waals surface area (Å²) in [4.78, 5) is 0. The summed E-state index contributed by atoms with van der Waals surface area (Å²) in [7, 11) is 0. The van der Waals surface area contributed by atoms with E-state index in [1.165, 1.54) is 13.8 Å². The van der Waals surface area contributed by atoms with Gasteiger partial charge in [-0.15, -0.1) is 0 Å². The summed E-state index contributed by atoms with van der Waals surface area (Å²) in [5.74, 6) is 0. The molecule has 0 amide bonds. The zero-order valence-corrected chi connectivity index (χ0v) is 9.09. The Balaban J connectivity index is 2.72. The Bertz CT molecular complexity index is 293. The van der Waals surface area contributed by atoms with Crippen molar-refractivity contribution in [1.82, 2.24) is 0 Å². The van der Waals surface area contributed by atoms with Crippen molar-refractivity contribution in [3.05, 3.63) is 35.9 Å². The SMILES string of the molecule is C[C@@H](O)[C@H](O)[C@@](C)(O)Cc1ccccc1. The van der Waals surface area contributed by atoms with Crippen LogP contribution >= 0.6 is 0 Å². The Hall–Kier alpha value is -0.900. The molecule has 0 fully saturated rings. The second kappa shape index (κ2) is 4.75. The van der Waals surface area contributed by atoms with Crippen LogP contribution in [0.4, 0.5) is 0 Å². The lowest BCUT2D eigenvalue weighted by atomic mass is 9.88. The molecule has 1 aromatic rings. The van der Waals surface area contributed by atoms with E-state index in [0.29, 0.717) is 6.42 Å². The van der Waals surface area contributed by atoms with E-state index in [4.69, 9.17) is 0 Å². The van der Waals surface area contributed by atoms with Gasteiger partial charge in [0.05, 0.1) is 11.7 Å². The summed E-state index contributed by atoms with van der Waals surface area (Å²) < 4.78 is 0. The maximum Gasteiger partial charge on any atom is 0.108 e. The highest BCUT2D eigenvalue weighted by atomic mass is 16.4. The lowest BCUT2D eigenvalue weighted by molar-refractivity contribution is -0.109. The predicted octanol–water partition coefficient (Wildman–Crippen LogP) is 0.722. The number of benzene rings is 1. The van der Waals surface area contributed by atoms with Gasteiger partial charge in [-0.1, -0.05) is 30.3 Å². The first-order valence-corrected chi connectivity index (χ1v) is 5.06. The molecule has 0 radical (unpaired) electrons. The summed E-state index contributed by atoms with van der Waals surface area (Å²) in [6.45, 7) is 2.99. The summed E-state index contributed by atoms with van der Waals surface area (Å²) in [6.07, 6.45) is -1.76. The highest BCUT2D eigenvalue weighted by molar-refractivity contribution is 5.17. The van der Waals surface area contributed by atoms with Gasteiger partial charge in [0.25, 0.3) is 0 Å². The number of aliphatic hydroxyl groups is 3. The van der Waals surface area contributed by atoms with Gasteiger partial charge in [0.15, 0.2) is 0 Å². The second-order valence-corrected chi connectivity index (χ2v) is 4.20. The van der Waals surface area contributed by atoms with Crippen molar-refractivity contribution >= 4 is 0 Å². The van der Waals surface area contributed by atoms with Crippen LogP contribution in [0, 0.1) is 0 Å². The molecule has 0 heterocycles. The third-order valence-electron chi connectivity index (χ3n) is 2.50. The van der Waals surface area contributed by atoms with Crippen molar-refractivity contribution < 1.29 is 15.3 Å². The molecule has 3 atom stereocenters. The molecule has 15 heavy (non-hydrogen) atoms. The fourth-order valence-corrected chi connectivity index (χ4v) is 1.63. The molecular weight excluding hydrogens is 192 g/mol. The molecular formula is C12H18O3. The molecule has 3 N–H and O–H groups in total.